The van der Waals surface area contributed by atoms with Crippen molar-refractivity contribution in [3.63, 3.8) is 0 Å². The second-order valence-electron chi connectivity index (χ2n) is 9.26. The van der Waals surface area contributed by atoms with E-state index in [4.69, 9.17) is 16.3 Å². The van der Waals surface area contributed by atoms with Gasteiger partial charge < -0.3 is 19.6 Å². The topological polar surface area (TPSA) is 92.9 Å². The third kappa shape index (κ3) is 6.27. The Labute approximate surface area is 230 Å². The number of hydrogen-bond donors (Lipinski definition) is 2. The van der Waals surface area contributed by atoms with Gasteiger partial charge in [-0.2, -0.15) is 0 Å². The summed E-state index contributed by atoms with van der Waals surface area (Å²) in [5, 5.41) is 13.0. The van der Waals surface area contributed by atoms with E-state index in [2.05, 4.69) is 10.3 Å². The molecule has 0 fully saturated rings. The minimum atomic E-state index is -1.13. The van der Waals surface area contributed by atoms with Gasteiger partial charge in [0.2, 0.25) is 0 Å². The maximum atomic E-state index is 13.0. The average molecular weight is 540 g/mol. The number of fused-ring (bicyclic) bond motifs is 1. The van der Waals surface area contributed by atoms with Crippen molar-refractivity contribution in [2.24, 2.45) is 0 Å². The van der Waals surface area contributed by atoms with E-state index >= 15 is 0 Å². The third-order valence-corrected chi connectivity index (χ3v) is 6.65. The summed E-state index contributed by atoms with van der Waals surface area (Å²) in [6.45, 7) is 2.41. The van der Waals surface area contributed by atoms with Crippen molar-refractivity contribution < 1.29 is 19.4 Å². The predicted octanol–water partition coefficient (Wildman–Crippen LogP) is 5.97. The molecule has 1 atom stereocenters. The second kappa shape index (κ2) is 11.4. The first-order valence-corrected chi connectivity index (χ1v) is 12.8. The summed E-state index contributed by atoms with van der Waals surface area (Å²) in [5.41, 5.74) is 5.49. The molecule has 0 aliphatic heterocycles. The minimum absolute atomic E-state index is 0.118. The number of carbonyl (C=O) groups is 2. The van der Waals surface area contributed by atoms with Crippen LogP contribution >= 0.6 is 11.6 Å². The molecule has 5 rings (SSSR count). The number of aliphatic carboxylic acids is 1. The number of amides is 1. The van der Waals surface area contributed by atoms with Crippen molar-refractivity contribution in [1.82, 2.24) is 14.7 Å². The van der Waals surface area contributed by atoms with Crippen molar-refractivity contribution in [2.45, 2.75) is 26.0 Å². The first kappa shape index (κ1) is 26.0. The number of imidazole rings is 1. The third-order valence-electron chi connectivity index (χ3n) is 6.40. The van der Waals surface area contributed by atoms with Crippen molar-refractivity contribution in [3.8, 4) is 16.9 Å². The second-order valence-corrected chi connectivity index (χ2v) is 9.69. The molecule has 2 aromatic heterocycles. The molecule has 2 N–H and O–H groups in total. The fraction of sp³-hybridized carbons (Fsp3) is 0.129. The van der Waals surface area contributed by atoms with E-state index in [-0.39, 0.29) is 12.1 Å². The van der Waals surface area contributed by atoms with Crippen LogP contribution in [0.2, 0.25) is 5.02 Å². The van der Waals surface area contributed by atoms with Gasteiger partial charge in [0.1, 0.15) is 29.7 Å². The lowest BCUT2D eigenvalue weighted by Gasteiger charge is -2.14. The van der Waals surface area contributed by atoms with Crippen LogP contribution in [-0.4, -0.2) is 32.4 Å². The van der Waals surface area contributed by atoms with Crippen LogP contribution in [-0.2, 0) is 17.8 Å². The van der Waals surface area contributed by atoms with Crippen molar-refractivity contribution in [2.75, 3.05) is 0 Å². The van der Waals surface area contributed by atoms with E-state index in [1.54, 1.807) is 34.9 Å². The molecule has 3 aromatic carbocycles. The summed E-state index contributed by atoms with van der Waals surface area (Å²) in [5.74, 6) is -1.01. The van der Waals surface area contributed by atoms with Gasteiger partial charge in [-0.1, -0.05) is 66.2 Å². The molecule has 7 nitrogen and oxygen atoms in total. The van der Waals surface area contributed by atoms with E-state index in [0.29, 0.717) is 23.0 Å². The van der Waals surface area contributed by atoms with E-state index in [1.807, 2.05) is 73.8 Å². The Bertz CT molecular complexity index is 1610. The van der Waals surface area contributed by atoms with Gasteiger partial charge in [-0.15, -0.1) is 0 Å². The van der Waals surface area contributed by atoms with Crippen molar-refractivity contribution in [3.05, 3.63) is 125 Å². The smallest absolute Gasteiger partial charge is 0.326 e. The van der Waals surface area contributed by atoms with Gasteiger partial charge in [-0.25, -0.2) is 9.78 Å². The lowest BCUT2D eigenvalue weighted by atomic mass is 10.0. The summed E-state index contributed by atoms with van der Waals surface area (Å²) in [4.78, 5) is 29.4. The van der Waals surface area contributed by atoms with Gasteiger partial charge in [0.05, 0.1) is 0 Å². The summed E-state index contributed by atoms with van der Waals surface area (Å²) >= 11 is 6.02. The normalized spacial score (nSPS) is 11.7. The molecule has 1 amide bonds. The maximum Gasteiger partial charge on any atom is 0.326 e. The molecular weight excluding hydrogens is 514 g/mol. The number of aromatic nitrogens is 2. The summed E-state index contributed by atoms with van der Waals surface area (Å²) in [7, 11) is 0. The average Bonchev–Trinajstić information content (AvgIpc) is 3.36. The Morgan fingerprint density at radius 2 is 1.69 bits per heavy atom. The van der Waals surface area contributed by atoms with E-state index in [9.17, 15) is 14.7 Å². The van der Waals surface area contributed by atoms with Gasteiger partial charge in [-0.3, -0.25) is 4.79 Å². The van der Waals surface area contributed by atoms with Crippen LogP contribution in [0.4, 0.5) is 0 Å². The minimum Gasteiger partial charge on any atom is -0.489 e. The molecule has 0 bridgehead atoms. The number of halogens is 1. The predicted molar refractivity (Wildman–Crippen MR) is 150 cm³/mol. The van der Waals surface area contributed by atoms with Crippen LogP contribution in [0.1, 0.15) is 27.2 Å². The number of hydrogen-bond acceptors (Lipinski definition) is 4. The number of ether oxygens (including phenoxy) is 1. The van der Waals surface area contributed by atoms with Crippen LogP contribution in [0.3, 0.4) is 0 Å². The molecule has 2 heterocycles. The molecule has 0 aliphatic carbocycles. The molecule has 39 heavy (non-hydrogen) atoms. The van der Waals surface area contributed by atoms with Gasteiger partial charge in [0.15, 0.2) is 0 Å². The molecule has 196 valence electrons. The number of carbonyl (C=O) groups excluding carboxylic acids is 1. The highest BCUT2D eigenvalue weighted by atomic mass is 35.5. The maximum absolute atomic E-state index is 13.0. The van der Waals surface area contributed by atoms with E-state index in [0.717, 1.165) is 27.8 Å². The lowest BCUT2D eigenvalue weighted by Crippen LogP contribution is -2.42. The highest BCUT2D eigenvalue weighted by molar-refractivity contribution is 6.30. The number of nitrogens with one attached hydrogen (secondary N) is 1. The number of carboxylic acids is 1. The zero-order valence-corrected chi connectivity index (χ0v) is 21.9. The molecular formula is C31H26ClN3O4. The standard InChI is InChI=1S/C31H26ClN3O4/c1-20-15-29-33-28(18-35(29)17-26(20)23-9-11-24(32)12-10-23)30(36)34-27(31(37)38)16-21-7-13-25(14-8-21)39-19-22-5-3-2-4-6-22/h2-15,17-18,27H,16,19H2,1H3,(H,34,36)(H,37,38)/t27-/m0/s1. The van der Waals surface area contributed by atoms with Gasteiger partial charge in [0.25, 0.3) is 5.91 Å². The number of pyridine rings is 1. The number of benzene rings is 3. The number of carboxylic acid groups (broad SMARTS) is 1. The molecule has 0 saturated heterocycles. The zero-order chi connectivity index (χ0) is 27.4. The first-order valence-electron chi connectivity index (χ1n) is 12.4. The molecule has 0 saturated carbocycles. The van der Waals surface area contributed by atoms with Crippen LogP contribution < -0.4 is 10.1 Å². The Kier molecular flexibility index (Phi) is 7.61. The SMILES string of the molecule is Cc1cc2nc(C(=O)N[C@@H](Cc3ccc(OCc4ccccc4)cc3)C(=O)O)cn2cc1-c1ccc(Cl)cc1. The Morgan fingerprint density at radius 1 is 0.974 bits per heavy atom. The number of rotatable bonds is 9. The quantitative estimate of drug-likeness (QED) is 0.241. The molecule has 0 unspecified atom stereocenters. The monoisotopic (exact) mass is 539 g/mol. The van der Waals surface area contributed by atoms with Crippen LogP contribution in [0.15, 0.2) is 97.3 Å². The van der Waals surface area contributed by atoms with Crippen LogP contribution in [0.25, 0.3) is 16.8 Å². The fourth-order valence-corrected chi connectivity index (χ4v) is 4.43. The molecule has 5 aromatic rings. The molecule has 0 aliphatic rings. The number of nitrogens with zero attached hydrogens (tertiary/aromatic N) is 2. The largest absolute Gasteiger partial charge is 0.489 e. The summed E-state index contributed by atoms with van der Waals surface area (Å²) in [6.07, 6.45) is 3.61. The van der Waals surface area contributed by atoms with Gasteiger partial charge >= 0.3 is 5.97 Å². The highest BCUT2D eigenvalue weighted by Crippen LogP contribution is 2.26. The Balaban J connectivity index is 1.26. The van der Waals surface area contributed by atoms with Crippen LogP contribution in [0, 0.1) is 6.92 Å². The lowest BCUT2D eigenvalue weighted by molar-refractivity contribution is -0.139. The Morgan fingerprint density at radius 3 is 2.38 bits per heavy atom. The summed E-state index contributed by atoms with van der Waals surface area (Å²) in [6, 6.07) is 25.3. The molecule has 0 spiro atoms. The van der Waals surface area contributed by atoms with Crippen LogP contribution in [0.5, 0.6) is 5.75 Å². The summed E-state index contributed by atoms with van der Waals surface area (Å²) < 4.78 is 7.56. The zero-order valence-electron chi connectivity index (χ0n) is 21.2. The van der Waals surface area contributed by atoms with Gasteiger partial charge in [0, 0.05) is 29.4 Å². The first-order chi connectivity index (χ1) is 18.9. The fourth-order valence-electron chi connectivity index (χ4n) is 4.30. The molecule has 8 heteroatoms. The van der Waals surface area contributed by atoms with Crippen molar-refractivity contribution >= 4 is 29.1 Å². The number of aryl methyl sites for hydroxylation is 1. The van der Waals surface area contributed by atoms with E-state index in [1.165, 1.54) is 0 Å². The van der Waals surface area contributed by atoms with Crippen molar-refractivity contribution in [1.29, 1.82) is 0 Å². The molecule has 0 radical (unpaired) electrons. The van der Waals surface area contributed by atoms with Gasteiger partial charge in [-0.05, 0) is 59.5 Å². The van der Waals surface area contributed by atoms with E-state index < -0.39 is 17.9 Å². The Hall–Kier alpha value is -4.62. The highest BCUT2D eigenvalue weighted by Gasteiger charge is 2.23.